The van der Waals surface area contributed by atoms with Crippen LogP contribution in [-0.2, 0) is 0 Å². The van der Waals surface area contributed by atoms with Crippen LogP contribution in [0, 0.1) is 11.3 Å². The van der Waals surface area contributed by atoms with Gasteiger partial charge in [0.2, 0.25) is 0 Å². The molecular formula is C4H3ClN2S. The van der Waals surface area contributed by atoms with E-state index in [1.165, 1.54) is 11.3 Å². The lowest BCUT2D eigenvalue weighted by atomic mass is 10.8. The second kappa shape index (κ2) is 3.42. The molecule has 42 valence electrons. The van der Waals surface area contributed by atoms with E-state index in [9.17, 15) is 0 Å². The Morgan fingerprint density at radius 2 is 2.50 bits per heavy atom. The predicted octanol–water partition coefficient (Wildman–Crippen LogP) is 1.44. The highest BCUT2D eigenvalue weighted by molar-refractivity contribution is 7.10. The molecule has 0 aliphatic rings. The van der Waals surface area contributed by atoms with Crippen LogP contribution >= 0.6 is 23.7 Å². The van der Waals surface area contributed by atoms with Gasteiger partial charge in [-0.2, -0.15) is 5.26 Å². The first-order chi connectivity index (χ1) is 3.43. The molecule has 0 fully saturated rings. The van der Waals surface area contributed by atoms with Crippen molar-refractivity contribution in [2.45, 2.75) is 0 Å². The van der Waals surface area contributed by atoms with Gasteiger partial charge in [-0.3, -0.25) is 0 Å². The Labute approximate surface area is 57.2 Å². The summed E-state index contributed by atoms with van der Waals surface area (Å²) >= 11 is 1.35. The third-order valence-electron chi connectivity index (χ3n) is 0.528. The molecule has 0 spiro atoms. The van der Waals surface area contributed by atoms with Gasteiger partial charge in [-0.15, -0.1) is 23.7 Å². The third kappa shape index (κ3) is 1.49. The van der Waals surface area contributed by atoms with E-state index < -0.39 is 0 Å². The van der Waals surface area contributed by atoms with Gasteiger partial charge in [0.15, 0.2) is 5.01 Å². The standard InChI is InChI=1S/C4H2N2S.ClH/c5-3-4-6-1-2-7-4;/h1-2H;1H. The Bertz CT molecular complexity index is 176. The topological polar surface area (TPSA) is 36.7 Å². The highest BCUT2D eigenvalue weighted by Gasteiger charge is 1.84. The van der Waals surface area contributed by atoms with Crippen LogP contribution in [0.2, 0.25) is 0 Å². The SMILES string of the molecule is Cl.N#Cc1nccs1. The molecule has 0 bridgehead atoms. The number of nitrogens with zero attached hydrogens (tertiary/aromatic N) is 2. The fraction of sp³-hybridized carbons (Fsp3) is 0. The van der Waals surface area contributed by atoms with Gasteiger partial charge in [0.25, 0.3) is 0 Å². The van der Waals surface area contributed by atoms with Crippen LogP contribution in [0.25, 0.3) is 0 Å². The summed E-state index contributed by atoms with van der Waals surface area (Å²) in [6.45, 7) is 0. The quantitative estimate of drug-likeness (QED) is 0.555. The van der Waals surface area contributed by atoms with E-state index in [1.54, 1.807) is 11.6 Å². The van der Waals surface area contributed by atoms with Crippen LogP contribution in [0.5, 0.6) is 0 Å². The van der Waals surface area contributed by atoms with Crippen molar-refractivity contribution in [1.82, 2.24) is 4.98 Å². The summed E-state index contributed by atoms with van der Waals surface area (Å²) in [7, 11) is 0. The van der Waals surface area contributed by atoms with Gasteiger partial charge in [0.1, 0.15) is 6.07 Å². The second-order valence-corrected chi connectivity index (χ2v) is 1.84. The molecule has 2 nitrogen and oxygen atoms in total. The zero-order chi connectivity index (χ0) is 5.11. The first-order valence-electron chi connectivity index (χ1n) is 1.73. The Hall–Kier alpha value is -0.590. The van der Waals surface area contributed by atoms with Crippen molar-refractivity contribution >= 4 is 23.7 Å². The van der Waals surface area contributed by atoms with Gasteiger partial charge in [-0.1, -0.05) is 0 Å². The number of nitriles is 1. The number of aromatic nitrogens is 1. The summed E-state index contributed by atoms with van der Waals surface area (Å²) in [4.78, 5) is 3.69. The lowest BCUT2D eigenvalue weighted by molar-refractivity contribution is 1.35. The molecule has 0 saturated carbocycles. The Kier molecular flexibility index (Phi) is 3.16. The van der Waals surface area contributed by atoms with Crippen LogP contribution in [0.4, 0.5) is 0 Å². The van der Waals surface area contributed by atoms with Crippen LogP contribution in [0.3, 0.4) is 0 Å². The highest BCUT2D eigenvalue weighted by Crippen LogP contribution is 1.99. The number of hydrogen-bond acceptors (Lipinski definition) is 3. The largest absolute Gasteiger partial charge is 0.234 e. The van der Waals surface area contributed by atoms with Crippen molar-refractivity contribution in [2.75, 3.05) is 0 Å². The van der Waals surface area contributed by atoms with E-state index in [4.69, 9.17) is 5.26 Å². The van der Waals surface area contributed by atoms with E-state index >= 15 is 0 Å². The normalized spacial score (nSPS) is 6.88. The highest BCUT2D eigenvalue weighted by atomic mass is 35.5. The summed E-state index contributed by atoms with van der Waals surface area (Å²) in [6.07, 6.45) is 1.61. The minimum Gasteiger partial charge on any atom is -0.234 e. The van der Waals surface area contributed by atoms with Crippen molar-refractivity contribution in [3.63, 3.8) is 0 Å². The molecule has 0 aliphatic heterocycles. The van der Waals surface area contributed by atoms with E-state index in [-0.39, 0.29) is 12.4 Å². The molecule has 0 atom stereocenters. The van der Waals surface area contributed by atoms with E-state index in [2.05, 4.69) is 4.98 Å². The van der Waals surface area contributed by atoms with Gasteiger partial charge in [0.05, 0.1) is 0 Å². The van der Waals surface area contributed by atoms with Gasteiger partial charge >= 0.3 is 0 Å². The molecule has 8 heavy (non-hydrogen) atoms. The van der Waals surface area contributed by atoms with Gasteiger partial charge in [0, 0.05) is 11.6 Å². The molecule has 0 radical (unpaired) electrons. The van der Waals surface area contributed by atoms with E-state index in [0.717, 1.165) is 0 Å². The molecule has 4 heteroatoms. The molecule has 1 aromatic heterocycles. The summed E-state index contributed by atoms with van der Waals surface area (Å²) in [6, 6.07) is 1.91. The van der Waals surface area contributed by atoms with Crippen LogP contribution < -0.4 is 0 Å². The first kappa shape index (κ1) is 7.41. The van der Waals surface area contributed by atoms with Crippen LogP contribution in [0.15, 0.2) is 11.6 Å². The van der Waals surface area contributed by atoms with Crippen molar-refractivity contribution in [1.29, 1.82) is 5.26 Å². The smallest absolute Gasteiger partial charge is 0.194 e. The maximum absolute atomic E-state index is 8.12. The van der Waals surface area contributed by atoms with Gasteiger partial charge in [-0.05, 0) is 0 Å². The number of thiazole rings is 1. The van der Waals surface area contributed by atoms with Crippen molar-refractivity contribution in [3.05, 3.63) is 16.6 Å². The molecule has 0 unspecified atom stereocenters. The monoisotopic (exact) mass is 146 g/mol. The molecule has 0 N–H and O–H groups in total. The fourth-order valence-corrected chi connectivity index (χ4v) is 0.704. The average Bonchev–Trinajstić information content (AvgIpc) is 2.14. The summed E-state index contributed by atoms with van der Waals surface area (Å²) in [5.41, 5.74) is 0. The molecule has 1 aromatic rings. The molecule has 1 rings (SSSR count). The molecule has 0 amide bonds. The van der Waals surface area contributed by atoms with E-state index in [1.807, 2.05) is 6.07 Å². The molecule has 0 aliphatic carbocycles. The lowest BCUT2D eigenvalue weighted by Gasteiger charge is -1.61. The lowest BCUT2D eigenvalue weighted by Crippen LogP contribution is -1.61. The van der Waals surface area contributed by atoms with Crippen LogP contribution in [0.1, 0.15) is 5.01 Å². The minimum atomic E-state index is 0. The van der Waals surface area contributed by atoms with Gasteiger partial charge in [-0.25, -0.2) is 4.98 Å². The zero-order valence-electron chi connectivity index (χ0n) is 3.87. The predicted molar refractivity (Wildman–Crippen MR) is 34.1 cm³/mol. The summed E-state index contributed by atoms with van der Waals surface area (Å²) in [5, 5.41) is 10.4. The zero-order valence-corrected chi connectivity index (χ0v) is 5.50. The molecule has 0 aromatic carbocycles. The average molecular weight is 147 g/mol. The molecule has 1 heterocycles. The first-order valence-corrected chi connectivity index (χ1v) is 2.61. The number of rotatable bonds is 0. The Morgan fingerprint density at radius 1 is 1.75 bits per heavy atom. The minimum absolute atomic E-state index is 0. The van der Waals surface area contributed by atoms with Crippen molar-refractivity contribution in [2.24, 2.45) is 0 Å². The molecular weight excluding hydrogens is 144 g/mol. The third-order valence-corrected chi connectivity index (χ3v) is 1.21. The Morgan fingerprint density at radius 3 is 2.75 bits per heavy atom. The van der Waals surface area contributed by atoms with Gasteiger partial charge < -0.3 is 0 Å². The Balaban J connectivity index is 0.000000490. The van der Waals surface area contributed by atoms with E-state index in [0.29, 0.717) is 5.01 Å². The van der Waals surface area contributed by atoms with Crippen molar-refractivity contribution < 1.29 is 0 Å². The van der Waals surface area contributed by atoms with Crippen LogP contribution in [-0.4, -0.2) is 4.98 Å². The van der Waals surface area contributed by atoms with Crippen molar-refractivity contribution in [3.8, 4) is 6.07 Å². The summed E-state index contributed by atoms with van der Waals surface area (Å²) in [5.74, 6) is 0. The summed E-state index contributed by atoms with van der Waals surface area (Å²) < 4.78 is 0. The fourth-order valence-electron chi connectivity index (χ4n) is 0.279. The maximum Gasteiger partial charge on any atom is 0.194 e. The molecule has 0 saturated heterocycles. The number of halogens is 1. The number of hydrogen-bond donors (Lipinski definition) is 0. The second-order valence-electron chi connectivity index (χ2n) is 0.949. The maximum atomic E-state index is 8.12.